The molecule has 0 bridgehead atoms. The van der Waals surface area contributed by atoms with Gasteiger partial charge in [-0.3, -0.25) is 9.78 Å². The van der Waals surface area contributed by atoms with E-state index in [-0.39, 0.29) is 12.0 Å². The highest BCUT2D eigenvalue weighted by molar-refractivity contribution is 5.70. The summed E-state index contributed by atoms with van der Waals surface area (Å²) >= 11 is 0. The Morgan fingerprint density at radius 1 is 1.56 bits per heavy atom. The van der Waals surface area contributed by atoms with Crippen molar-refractivity contribution >= 4 is 5.97 Å². The van der Waals surface area contributed by atoms with Crippen LogP contribution < -0.4 is 5.32 Å². The quantitative estimate of drug-likeness (QED) is 0.858. The Hall–Kier alpha value is -1.42. The number of nitrogens with zero attached hydrogens (tertiary/aromatic N) is 1. The molecule has 1 aromatic rings. The molecule has 3 atom stereocenters. The molecule has 0 aromatic carbocycles. The van der Waals surface area contributed by atoms with Crippen molar-refractivity contribution in [2.45, 2.75) is 44.7 Å². The van der Waals surface area contributed by atoms with Gasteiger partial charge in [0.2, 0.25) is 0 Å². The standard InChI is InChI=1S/C14H20N2O2/c1-10(12-5-3-7-15-9-12)16-13-6-2-4-11(8-13)14(17)18/h3,5,7,9-11,13,16H,2,4,6,8H2,1H3,(H,17,18)/t10-,11?,13?/m0/s1. The fourth-order valence-electron chi connectivity index (χ4n) is 2.65. The Kier molecular flexibility index (Phi) is 4.31. The molecule has 18 heavy (non-hydrogen) atoms. The second-order valence-electron chi connectivity index (χ2n) is 5.07. The number of carboxylic acid groups (broad SMARTS) is 1. The molecule has 0 amide bonds. The maximum absolute atomic E-state index is 11.0. The van der Waals surface area contributed by atoms with E-state index in [1.54, 1.807) is 6.20 Å². The summed E-state index contributed by atoms with van der Waals surface area (Å²) in [5.74, 6) is -0.840. The molecule has 2 N–H and O–H groups in total. The summed E-state index contributed by atoms with van der Waals surface area (Å²) in [6.07, 6.45) is 7.23. The van der Waals surface area contributed by atoms with E-state index in [1.807, 2.05) is 18.3 Å². The van der Waals surface area contributed by atoms with Crippen LogP contribution in [0.1, 0.15) is 44.2 Å². The molecule has 98 valence electrons. The summed E-state index contributed by atoms with van der Waals surface area (Å²) in [4.78, 5) is 15.1. The molecule has 1 aromatic heterocycles. The van der Waals surface area contributed by atoms with Gasteiger partial charge in [-0.25, -0.2) is 0 Å². The van der Waals surface area contributed by atoms with E-state index in [9.17, 15) is 4.79 Å². The van der Waals surface area contributed by atoms with Crippen LogP contribution in [0.25, 0.3) is 0 Å². The lowest BCUT2D eigenvalue weighted by molar-refractivity contribution is -0.143. The molecular weight excluding hydrogens is 228 g/mol. The van der Waals surface area contributed by atoms with E-state index in [1.165, 1.54) is 0 Å². The molecule has 0 aliphatic heterocycles. The van der Waals surface area contributed by atoms with Crippen LogP contribution in [0.4, 0.5) is 0 Å². The number of hydrogen-bond donors (Lipinski definition) is 2. The largest absolute Gasteiger partial charge is 0.481 e. The van der Waals surface area contributed by atoms with Gasteiger partial charge in [0.05, 0.1) is 5.92 Å². The predicted octanol–water partition coefficient (Wildman–Crippen LogP) is 2.38. The molecule has 2 unspecified atom stereocenters. The average molecular weight is 248 g/mol. The zero-order valence-electron chi connectivity index (χ0n) is 10.7. The van der Waals surface area contributed by atoms with Crippen molar-refractivity contribution in [3.05, 3.63) is 30.1 Å². The van der Waals surface area contributed by atoms with Gasteiger partial charge in [0.15, 0.2) is 0 Å². The molecule has 2 rings (SSSR count). The van der Waals surface area contributed by atoms with E-state index >= 15 is 0 Å². The van der Waals surface area contributed by atoms with Crippen LogP contribution in [0.3, 0.4) is 0 Å². The van der Waals surface area contributed by atoms with Crippen LogP contribution in [0.15, 0.2) is 24.5 Å². The fourth-order valence-corrected chi connectivity index (χ4v) is 2.65. The lowest BCUT2D eigenvalue weighted by Crippen LogP contribution is -2.37. The number of carboxylic acids is 1. The zero-order chi connectivity index (χ0) is 13.0. The molecule has 4 nitrogen and oxygen atoms in total. The SMILES string of the molecule is C[C@H](NC1CCCC(C(=O)O)C1)c1cccnc1. The highest BCUT2D eigenvalue weighted by Gasteiger charge is 2.27. The molecular formula is C14H20N2O2. The summed E-state index contributed by atoms with van der Waals surface area (Å²) in [5.41, 5.74) is 1.15. The molecule has 1 fully saturated rings. The highest BCUT2D eigenvalue weighted by atomic mass is 16.4. The third-order valence-corrected chi connectivity index (χ3v) is 3.69. The number of nitrogens with one attached hydrogen (secondary N) is 1. The number of rotatable bonds is 4. The smallest absolute Gasteiger partial charge is 0.306 e. The summed E-state index contributed by atoms with van der Waals surface area (Å²) in [6, 6.07) is 4.49. The van der Waals surface area contributed by atoms with Gasteiger partial charge in [0.25, 0.3) is 0 Å². The first kappa shape index (κ1) is 13.0. The molecule has 0 spiro atoms. The van der Waals surface area contributed by atoms with Crippen LogP contribution in [0, 0.1) is 5.92 Å². The maximum Gasteiger partial charge on any atom is 0.306 e. The van der Waals surface area contributed by atoms with Crippen LogP contribution in [0.5, 0.6) is 0 Å². The molecule has 1 aliphatic rings. The molecule has 1 aliphatic carbocycles. The van der Waals surface area contributed by atoms with Gasteiger partial charge >= 0.3 is 5.97 Å². The first-order valence-corrected chi connectivity index (χ1v) is 6.55. The lowest BCUT2D eigenvalue weighted by Gasteiger charge is -2.30. The minimum atomic E-state index is -0.657. The Morgan fingerprint density at radius 3 is 3.06 bits per heavy atom. The summed E-state index contributed by atoms with van der Waals surface area (Å²) in [7, 11) is 0. The molecule has 0 saturated heterocycles. The maximum atomic E-state index is 11.0. The minimum Gasteiger partial charge on any atom is -0.481 e. The number of pyridine rings is 1. The lowest BCUT2D eigenvalue weighted by atomic mass is 9.85. The van der Waals surface area contributed by atoms with E-state index in [0.717, 1.165) is 31.2 Å². The normalized spacial score (nSPS) is 25.6. The average Bonchev–Trinajstić information content (AvgIpc) is 2.40. The molecule has 1 heterocycles. The van der Waals surface area contributed by atoms with Crippen LogP contribution >= 0.6 is 0 Å². The van der Waals surface area contributed by atoms with E-state index in [4.69, 9.17) is 5.11 Å². The fraction of sp³-hybridized carbons (Fsp3) is 0.571. The van der Waals surface area contributed by atoms with E-state index in [0.29, 0.717) is 6.04 Å². The number of aliphatic carboxylic acids is 1. The van der Waals surface area contributed by atoms with Crippen molar-refractivity contribution in [2.24, 2.45) is 5.92 Å². The van der Waals surface area contributed by atoms with Gasteiger partial charge in [-0.2, -0.15) is 0 Å². The van der Waals surface area contributed by atoms with Gasteiger partial charge in [-0.15, -0.1) is 0 Å². The van der Waals surface area contributed by atoms with Crippen molar-refractivity contribution in [1.82, 2.24) is 10.3 Å². The second-order valence-corrected chi connectivity index (χ2v) is 5.07. The minimum absolute atomic E-state index is 0.183. The van der Waals surface area contributed by atoms with Gasteiger partial charge in [0, 0.05) is 24.5 Å². The van der Waals surface area contributed by atoms with Gasteiger partial charge in [0.1, 0.15) is 0 Å². The predicted molar refractivity (Wildman–Crippen MR) is 69.2 cm³/mol. The summed E-state index contributed by atoms with van der Waals surface area (Å²) in [5, 5.41) is 12.6. The Balaban J connectivity index is 1.91. The molecule has 0 radical (unpaired) electrons. The summed E-state index contributed by atoms with van der Waals surface area (Å²) in [6.45, 7) is 2.10. The Bertz CT molecular complexity index is 394. The highest BCUT2D eigenvalue weighted by Crippen LogP contribution is 2.26. The molecule has 1 saturated carbocycles. The summed E-state index contributed by atoms with van der Waals surface area (Å²) < 4.78 is 0. The van der Waals surface area contributed by atoms with Crippen LogP contribution in [-0.4, -0.2) is 22.1 Å². The third kappa shape index (κ3) is 3.29. The first-order valence-electron chi connectivity index (χ1n) is 6.55. The van der Waals surface area contributed by atoms with Crippen molar-refractivity contribution < 1.29 is 9.90 Å². The van der Waals surface area contributed by atoms with Crippen molar-refractivity contribution in [1.29, 1.82) is 0 Å². The first-order chi connectivity index (χ1) is 8.66. The van der Waals surface area contributed by atoms with Crippen molar-refractivity contribution in [3.8, 4) is 0 Å². The van der Waals surface area contributed by atoms with Crippen LogP contribution in [0.2, 0.25) is 0 Å². The molecule has 4 heteroatoms. The number of aromatic nitrogens is 1. The third-order valence-electron chi connectivity index (χ3n) is 3.69. The zero-order valence-corrected chi connectivity index (χ0v) is 10.7. The van der Waals surface area contributed by atoms with Crippen molar-refractivity contribution in [3.63, 3.8) is 0 Å². The van der Waals surface area contributed by atoms with Crippen LogP contribution in [-0.2, 0) is 4.79 Å². The van der Waals surface area contributed by atoms with Gasteiger partial charge in [-0.05, 0) is 37.8 Å². The number of hydrogen-bond acceptors (Lipinski definition) is 3. The monoisotopic (exact) mass is 248 g/mol. The van der Waals surface area contributed by atoms with Gasteiger partial charge < -0.3 is 10.4 Å². The number of carbonyl (C=O) groups is 1. The van der Waals surface area contributed by atoms with Crippen molar-refractivity contribution in [2.75, 3.05) is 0 Å². The van der Waals surface area contributed by atoms with E-state index in [2.05, 4.69) is 17.2 Å². The van der Waals surface area contributed by atoms with E-state index < -0.39 is 5.97 Å². The van der Waals surface area contributed by atoms with Gasteiger partial charge in [-0.1, -0.05) is 12.5 Å². The second kappa shape index (κ2) is 5.96. The Labute approximate surface area is 107 Å². The topological polar surface area (TPSA) is 62.2 Å². The Morgan fingerprint density at radius 2 is 2.39 bits per heavy atom.